The summed E-state index contributed by atoms with van der Waals surface area (Å²) < 4.78 is 5.57. The van der Waals surface area contributed by atoms with Gasteiger partial charge in [0.2, 0.25) is 0 Å². The van der Waals surface area contributed by atoms with Gasteiger partial charge in [0.15, 0.2) is 0 Å². The number of benzene rings is 2. The summed E-state index contributed by atoms with van der Waals surface area (Å²) in [7, 11) is 1.58. The normalized spacial score (nSPS) is 14.5. The van der Waals surface area contributed by atoms with Crippen molar-refractivity contribution in [3.05, 3.63) is 70.8 Å². The highest BCUT2D eigenvalue weighted by atomic mass is 16.5. The molecule has 1 aliphatic heterocycles. The number of carbonyl (C=O) groups is 1. The van der Waals surface area contributed by atoms with Crippen molar-refractivity contribution in [3.63, 3.8) is 0 Å². The van der Waals surface area contributed by atoms with Crippen LogP contribution in [0.2, 0.25) is 0 Å². The first-order chi connectivity index (χ1) is 15.0. The van der Waals surface area contributed by atoms with Crippen molar-refractivity contribution in [3.8, 4) is 11.5 Å². The highest BCUT2D eigenvalue weighted by Crippen LogP contribution is 2.37. The molecule has 31 heavy (non-hydrogen) atoms. The van der Waals surface area contributed by atoms with Crippen molar-refractivity contribution < 1.29 is 14.6 Å². The lowest BCUT2D eigenvalue weighted by atomic mass is 9.95. The number of hydrogen-bond donors (Lipinski definition) is 3. The summed E-state index contributed by atoms with van der Waals surface area (Å²) in [6, 6.07) is 11.8. The molecule has 1 heterocycles. The van der Waals surface area contributed by atoms with Crippen molar-refractivity contribution in [1.29, 1.82) is 0 Å². The number of rotatable bonds is 8. The first-order valence-electron chi connectivity index (χ1n) is 10.8. The Balaban J connectivity index is 2.01. The molecule has 2 aromatic rings. The highest BCUT2D eigenvalue weighted by Gasteiger charge is 2.24. The molecule has 0 aliphatic carbocycles. The maximum Gasteiger partial charge on any atom is 0.255 e. The number of phenolic OH excluding ortho intramolecular Hbond substituents is 1. The summed E-state index contributed by atoms with van der Waals surface area (Å²) in [4.78, 5) is 13.3. The molecule has 164 valence electrons. The van der Waals surface area contributed by atoms with Crippen LogP contribution in [-0.4, -0.2) is 37.3 Å². The minimum Gasteiger partial charge on any atom is -0.507 e. The molecule has 5 heteroatoms. The van der Waals surface area contributed by atoms with Gasteiger partial charge in [0, 0.05) is 11.6 Å². The first kappa shape index (κ1) is 22.6. The molecule has 0 bridgehead atoms. The molecule has 0 aromatic heterocycles. The van der Waals surface area contributed by atoms with Crippen LogP contribution < -0.4 is 15.4 Å². The summed E-state index contributed by atoms with van der Waals surface area (Å²) in [5.74, 6) is 0.306. The van der Waals surface area contributed by atoms with E-state index < -0.39 is 0 Å². The van der Waals surface area contributed by atoms with Crippen molar-refractivity contribution in [2.45, 2.75) is 38.6 Å². The second-order valence-corrected chi connectivity index (χ2v) is 8.07. The number of allylic oxidation sites excluding steroid dienone is 1. The number of nitrogens with one attached hydrogen (secondary N) is 2. The largest absolute Gasteiger partial charge is 0.507 e. The summed E-state index contributed by atoms with van der Waals surface area (Å²) in [6.07, 6.45) is 6.81. The van der Waals surface area contributed by atoms with Gasteiger partial charge in [-0.15, -0.1) is 6.58 Å². The maximum absolute atomic E-state index is 13.3. The molecule has 2 aromatic carbocycles. The van der Waals surface area contributed by atoms with E-state index in [2.05, 4.69) is 17.2 Å². The Morgan fingerprint density at radius 3 is 2.61 bits per heavy atom. The Labute approximate surface area is 184 Å². The van der Waals surface area contributed by atoms with E-state index in [1.165, 1.54) is 0 Å². The van der Waals surface area contributed by atoms with E-state index in [1.54, 1.807) is 7.11 Å². The van der Waals surface area contributed by atoms with Gasteiger partial charge in [0.25, 0.3) is 5.91 Å². The highest BCUT2D eigenvalue weighted by molar-refractivity contribution is 6.02. The summed E-state index contributed by atoms with van der Waals surface area (Å²) in [6.45, 7) is 7.66. The number of methoxy groups -OCH3 is 1. The first-order valence-corrected chi connectivity index (χ1v) is 10.8. The van der Waals surface area contributed by atoms with Crippen LogP contribution in [0.3, 0.4) is 0 Å². The molecule has 3 N–H and O–H groups in total. The molecule has 0 radical (unpaired) electrons. The van der Waals surface area contributed by atoms with Crippen LogP contribution in [0.4, 0.5) is 0 Å². The number of piperidine rings is 1. The minimum atomic E-state index is -0.253. The van der Waals surface area contributed by atoms with Crippen LogP contribution in [0, 0.1) is 0 Å². The number of aromatic hydroxyl groups is 1. The average molecular weight is 421 g/mol. The molecular formula is C26H32N2O3. The quantitative estimate of drug-likeness (QED) is 0.432. The Kier molecular flexibility index (Phi) is 7.90. The third kappa shape index (κ3) is 5.98. The molecule has 1 aliphatic rings. The van der Waals surface area contributed by atoms with Gasteiger partial charge in [0.1, 0.15) is 11.5 Å². The molecule has 1 amide bonds. The zero-order valence-electron chi connectivity index (χ0n) is 18.4. The summed E-state index contributed by atoms with van der Waals surface area (Å²) in [5.41, 5.74) is 3.58. The number of hydrogen-bond acceptors (Lipinski definition) is 4. The van der Waals surface area contributed by atoms with Gasteiger partial charge in [-0.25, -0.2) is 0 Å². The third-order valence-corrected chi connectivity index (χ3v) is 5.57. The number of ether oxygens (including phenoxy) is 1. The fourth-order valence-electron chi connectivity index (χ4n) is 3.81. The van der Waals surface area contributed by atoms with Gasteiger partial charge >= 0.3 is 0 Å². The Bertz CT molecular complexity index is 945. The van der Waals surface area contributed by atoms with Crippen LogP contribution >= 0.6 is 0 Å². The number of phenols is 1. The smallest absolute Gasteiger partial charge is 0.255 e. The molecular weight excluding hydrogens is 388 g/mol. The lowest BCUT2D eigenvalue weighted by Gasteiger charge is -2.25. The average Bonchev–Trinajstić information content (AvgIpc) is 2.77. The van der Waals surface area contributed by atoms with E-state index in [0.717, 1.165) is 37.1 Å². The second-order valence-electron chi connectivity index (χ2n) is 8.07. The van der Waals surface area contributed by atoms with E-state index in [-0.39, 0.29) is 17.7 Å². The summed E-state index contributed by atoms with van der Waals surface area (Å²) >= 11 is 0. The monoisotopic (exact) mass is 420 g/mol. The predicted octanol–water partition coefficient (Wildman–Crippen LogP) is 4.56. The lowest BCUT2D eigenvalue weighted by Crippen LogP contribution is -2.42. The van der Waals surface area contributed by atoms with Gasteiger partial charge in [0.05, 0.1) is 12.7 Å². The zero-order chi connectivity index (χ0) is 22.2. The second kappa shape index (κ2) is 10.8. The molecule has 3 rings (SSSR count). The fraction of sp³-hybridized carbons (Fsp3) is 0.346. The number of carbonyl (C=O) groups excluding carboxylic acids is 1. The van der Waals surface area contributed by atoms with E-state index in [4.69, 9.17) is 4.74 Å². The standard InChI is InChI=1S/C26H32N2O3/c1-18(2)9-12-22-23(31-3)17-20(11-10-19-7-5-4-6-8-19)24(25(22)29)26(30)28-21-13-15-27-16-14-21/h4-8,10-11,17,21,27,29H,1,9,12-16H2,2-3H3,(H,28,30)/b11-10+. The molecule has 1 fully saturated rings. The molecule has 1 saturated heterocycles. The van der Waals surface area contributed by atoms with Gasteiger partial charge in [-0.05, 0) is 62.9 Å². The molecule has 0 spiro atoms. The van der Waals surface area contributed by atoms with E-state index >= 15 is 0 Å². The van der Waals surface area contributed by atoms with E-state index in [9.17, 15) is 9.90 Å². The van der Waals surface area contributed by atoms with Gasteiger partial charge in [-0.1, -0.05) is 48.1 Å². The molecule has 0 saturated carbocycles. The van der Waals surface area contributed by atoms with E-state index in [0.29, 0.717) is 35.3 Å². The Morgan fingerprint density at radius 1 is 1.26 bits per heavy atom. The van der Waals surface area contributed by atoms with Crippen LogP contribution in [-0.2, 0) is 6.42 Å². The van der Waals surface area contributed by atoms with Crippen molar-refractivity contribution in [2.24, 2.45) is 0 Å². The lowest BCUT2D eigenvalue weighted by molar-refractivity contribution is 0.0926. The molecule has 0 atom stereocenters. The zero-order valence-corrected chi connectivity index (χ0v) is 18.4. The number of amides is 1. The van der Waals surface area contributed by atoms with Gasteiger partial charge in [-0.2, -0.15) is 0 Å². The van der Waals surface area contributed by atoms with E-state index in [1.807, 2.05) is 55.5 Å². The van der Waals surface area contributed by atoms with Gasteiger partial charge < -0.3 is 20.5 Å². The van der Waals surface area contributed by atoms with Crippen LogP contribution in [0.25, 0.3) is 12.2 Å². The topological polar surface area (TPSA) is 70.6 Å². The fourth-order valence-corrected chi connectivity index (χ4v) is 3.81. The van der Waals surface area contributed by atoms with Crippen LogP contribution in [0.5, 0.6) is 11.5 Å². The Morgan fingerprint density at radius 2 is 1.97 bits per heavy atom. The van der Waals surface area contributed by atoms with Crippen LogP contribution in [0.15, 0.2) is 48.6 Å². The van der Waals surface area contributed by atoms with Crippen LogP contribution in [0.1, 0.15) is 53.2 Å². The maximum atomic E-state index is 13.3. The predicted molar refractivity (Wildman–Crippen MR) is 127 cm³/mol. The van der Waals surface area contributed by atoms with Crippen molar-refractivity contribution in [1.82, 2.24) is 10.6 Å². The molecule has 5 nitrogen and oxygen atoms in total. The van der Waals surface area contributed by atoms with Gasteiger partial charge in [-0.3, -0.25) is 4.79 Å². The third-order valence-electron chi connectivity index (χ3n) is 5.57. The Hall–Kier alpha value is -3.05. The minimum absolute atomic E-state index is 0.0141. The molecule has 0 unspecified atom stereocenters. The van der Waals surface area contributed by atoms with Crippen molar-refractivity contribution in [2.75, 3.05) is 20.2 Å². The summed E-state index contributed by atoms with van der Waals surface area (Å²) in [5, 5.41) is 17.6. The SMILES string of the molecule is C=C(C)CCc1c(OC)cc(/C=C/c2ccccc2)c(C(=O)NC2CCNCC2)c1O. The van der Waals surface area contributed by atoms with Crippen molar-refractivity contribution >= 4 is 18.1 Å².